The van der Waals surface area contributed by atoms with E-state index >= 15 is 0 Å². The van der Waals surface area contributed by atoms with Crippen LogP contribution >= 0.6 is 0 Å². The first-order chi connectivity index (χ1) is 10.2. The van der Waals surface area contributed by atoms with Gasteiger partial charge in [0.05, 0.1) is 11.1 Å². The maximum Gasteiger partial charge on any atom is 0.417 e. The highest BCUT2D eigenvalue weighted by atomic mass is 19.4. The van der Waals surface area contributed by atoms with Gasteiger partial charge in [0.15, 0.2) is 0 Å². The van der Waals surface area contributed by atoms with E-state index in [1.165, 1.54) is 18.2 Å². The van der Waals surface area contributed by atoms with Gasteiger partial charge in [-0.3, -0.25) is 10.1 Å². The number of urea groups is 1. The standard InChI is InChI=1S/C13H11F3N4O2/c14-13(15,16)8-4-2-1-3-6(8)9-5-7(10(17)21)11(19-9)20-12(18)22/h1-5,19H,(H2,17,21)(H3,18,20,22). The molecule has 1 aromatic heterocycles. The number of carbonyl (C=O) groups is 2. The van der Waals surface area contributed by atoms with Crippen molar-refractivity contribution in [3.63, 3.8) is 0 Å². The van der Waals surface area contributed by atoms with Crippen LogP contribution < -0.4 is 16.8 Å². The lowest BCUT2D eigenvalue weighted by atomic mass is 10.0. The summed E-state index contributed by atoms with van der Waals surface area (Å²) in [4.78, 5) is 24.7. The van der Waals surface area contributed by atoms with Crippen molar-refractivity contribution in [2.24, 2.45) is 11.5 Å². The predicted molar refractivity (Wildman–Crippen MR) is 73.0 cm³/mol. The van der Waals surface area contributed by atoms with E-state index in [0.717, 1.165) is 12.1 Å². The van der Waals surface area contributed by atoms with Gasteiger partial charge in [0.25, 0.3) is 5.91 Å². The van der Waals surface area contributed by atoms with Crippen LogP contribution in [-0.2, 0) is 6.18 Å². The molecule has 22 heavy (non-hydrogen) atoms. The summed E-state index contributed by atoms with van der Waals surface area (Å²) >= 11 is 0. The lowest BCUT2D eigenvalue weighted by molar-refractivity contribution is -0.137. The number of H-pyrrole nitrogens is 1. The van der Waals surface area contributed by atoms with Gasteiger partial charge in [-0.1, -0.05) is 18.2 Å². The zero-order chi connectivity index (χ0) is 16.5. The van der Waals surface area contributed by atoms with Crippen molar-refractivity contribution in [3.8, 4) is 11.3 Å². The molecule has 3 amide bonds. The minimum Gasteiger partial charge on any atom is -0.365 e. The Bertz CT molecular complexity index is 737. The maximum atomic E-state index is 13.0. The average molecular weight is 312 g/mol. The molecule has 1 heterocycles. The molecule has 1 aromatic carbocycles. The summed E-state index contributed by atoms with van der Waals surface area (Å²) in [6.07, 6.45) is -4.58. The van der Waals surface area contributed by atoms with Crippen LogP contribution in [0.4, 0.5) is 23.8 Å². The van der Waals surface area contributed by atoms with Crippen molar-refractivity contribution in [1.29, 1.82) is 0 Å². The first-order valence-electron chi connectivity index (χ1n) is 5.96. The number of carbonyl (C=O) groups excluding carboxylic acids is 2. The number of anilines is 1. The number of benzene rings is 1. The van der Waals surface area contributed by atoms with E-state index in [-0.39, 0.29) is 22.6 Å². The zero-order valence-electron chi connectivity index (χ0n) is 11.0. The second kappa shape index (κ2) is 5.43. The number of halogens is 3. The van der Waals surface area contributed by atoms with Gasteiger partial charge in [0.1, 0.15) is 5.82 Å². The van der Waals surface area contributed by atoms with Gasteiger partial charge in [0.2, 0.25) is 0 Å². The molecule has 116 valence electrons. The smallest absolute Gasteiger partial charge is 0.365 e. The number of amides is 3. The van der Waals surface area contributed by atoms with E-state index in [1.807, 2.05) is 0 Å². The minimum atomic E-state index is -4.58. The van der Waals surface area contributed by atoms with Crippen LogP contribution in [0.15, 0.2) is 30.3 Å². The first-order valence-corrected chi connectivity index (χ1v) is 5.96. The number of alkyl halides is 3. The molecule has 0 aliphatic rings. The number of nitrogens with two attached hydrogens (primary N) is 2. The molecule has 0 aliphatic carbocycles. The molecule has 9 heteroatoms. The predicted octanol–water partition coefficient (Wildman–Crippen LogP) is 2.29. The molecule has 0 bridgehead atoms. The topological polar surface area (TPSA) is 114 Å². The Kier molecular flexibility index (Phi) is 3.81. The zero-order valence-corrected chi connectivity index (χ0v) is 11.0. The number of hydrogen-bond donors (Lipinski definition) is 4. The van der Waals surface area contributed by atoms with Gasteiger partial charge in [-0.05, 0) is 12.1 Å². The van der Waals surface area contributed by atoms with E-state index in [2.05, 4.69) is 10.3 Å². The molecular formula is C13H11F3N4O2. The van der Waals surface area contributed by atoms with E-state index in [1.54, 1.807) is 0 Å². The van der Waals surface area contributed by atoms with Crippen LogP contribution in [-0.4, -0.2) is 16.9 Å². The van der Waals surface area contributed by atoms with E-state index < -0.39 is 23.7 Å². The third kappa shape index (κ3) is 3.03. The van der Waals surface area contributed by atoms with Gasteiger partial charge in [-0.25, -0.2) is 4.79 Å². The summed E-state index contributed by atoms with van der Waals surface area (Å²) in [6, 6.07) is 4.93. The second-order valence-corrected chi connectivity index (χ2v) is 4.37. The van der Waals surface area contributed by atoms with Crippen LogP contribution in [0.5, 0.6) is 0 Å². The van der Waals surface area contributed by atoms with Gasteiger partial charge >= 0.3 is 12.2 Å². The summed E-state index contributed by atoms with van der Waals surface area (Å²) in [5.41, 5.74) is 8.80. The third-order valence-corrected chi connectivity index (χ3v) is 2.85. The normalized spacial score (nSPS) is 11.2. The van der Waals surface area contributed by atoms with Crippen LogP contribution in [0.2, 0.25) is 0 Å². The Morgan fingerprint density at radius 2 is 1.77 bits per heavy atom. The van der Waals surface area contributed by atoms with Gasteiger partial charge in [-0.2, -0.15) is 13.2 Å². The molecule has 0 fully saturated rings. The molecule has 2 aromatic rings. The Morgan fingerprint density at radius 3 is 2.32 bits per heavy atom. The number of primary amides is 2. The van der Waals surface area contributed by atoms with E-state index in [0.29, 0.717) is 0 Å². The van der Waals surface area contributed by atoms with Crippen LogP contribution in [0.1, 0.15) is 15.9 Å². The Hall–Kier alpha value is -2.97. The third-order valence-electron chi connectivity index (χ3n) is 2.85. The van der Waals surface area contributed by atoms with Crippen molar-refractivity contribution < 1.29 is 22.8 Å². The van der Waals surface area contributed by atoms with Crippen LogP contribution in [0.3, 0.4) is 0 Å². The van der Waals surface area contributed by atoms with Crippen molar-refractivity contribution in [2.45, 2.75) is 6.18 Å². The quantitative estimate of drug-likeness (QED) is 0.696. The van der Waals surface area contributed by atoms with Crippen LogP contribution in [0, 0.1) is 0 Å². The summed E-state index contributed by atoms with van der Waals surface area (Å²) < 4.78 is 39.0. The van der Waals surface area contributed by atoms with Crippen molar-refractivity contribution in [1.82, 2.24) is 4.98 Å². The SMILES string of the molecule is NC(=O)Nc1[nH]c(-c2ccccc2C(F)(F)F)cc1C(N)=O. The van der Waals surface area contributed by atoms with Crippen LogP contribution in [0.25, 0.3) is 11.3 Å². The molecule has 0 aliphatic heterocycles. The maximum absolute atomic E-state index is 13.0. The monoisotopic (exact) mass is 312 g/mol. The largest absolute Gasteiger partial charge is 0.417 e. The second-order valence-electron chi connectivity index (χ2n) is 4.37. The summed E-state index contributed by atoms with van der Waals surface area (Å²) in [5.74, 6) is -1.08. The van der Waals surface area contributed by atoms with Crippen molar-refractivity contribution >= 4 is 17.8 Å². The molecule has 0 saturated carbocycles. The molecule has 0 atom stereocenters. The minimum absolute atomic E-state index is 0.0227. The van der Waals surface area contributed by atoms with Crippen molar-refractivity contribution in [3.05, 3.63) is 41.5 Å². The molecule has 6 nitrogen and oxygen atoms in total. The highest BCUT2D eigenvalue weighted by molar-refractivity contribution is 6.03. The number of nitrogens with one attached hydrogen (secondary N) is 2. The molecule has 2 rings (SSSR count). The number of hydrogen-bond acceptors (Lipinski definition) is 2. The van der Waals surface area contributed by atoms with E-state index in [4.69, 9.17) is 11.5 Å². The number of aromatic nitrogens is 1. The fourth-order valence-electron chi connectivity index (χ4n) is 1.98. The molecule has 0 unspecified atom stereocenters. The fourth-order valence-corrected chi connectivity index (χ4v) is 1.98. The van der Waals surface area contributed by atoms with Gasteiger partial charge in [-0.15, -0.1) is 0 Å². The molecular weight excluding hydrogens is 301 g/mol. The van der Waals surface area contributed by atoms with E-state index in [9.17, 15) is 22.8 Å². The lowest BCUT2D eigenvalue weighted by Crippen LogP contribution is -2.22. The number of aromatic amines is 1. The summed E-state index contributed by atoms with van der Waals surface area (Å²) in [6.45, 7) is 0. The molecule has 6 N–H and O–H groups in total. The molecule has 0 spiro atoms. The summed E-state index contributed by atoms with van der Waals surface area (Å²) in [7, 11) is 0. The fraction of sp³-hybridized carbons (Fsp3) is 0.0769. The van der Waals surface area contributed by atoms with Gasteiger partial charge < -0.3 is 16.5 Å². The Labute approximate surface area is 122 Å². The lowest BCUT2D eigenvalue weighted by Gasteiger charge is -2.11. The summed E-state index contributed by atoms with van der Waals surface area (Å²) in [5, 5.41) is 2.10. The molecule has 0 saturated heterocycles. The first kappa shape index (κ1) is 15.4. The Morgan fingerprint density at radius 1 is 1.14 bits per heavy atom. The van der Waals surface area contributed by atoms with Gasteiger partial charge in [0, 0.05) is 11.3 Å². The Balaban J connectivity index is 2.60. The number of rotatable bonds is 3. The van der Waals surface area contributed by atoms with Crippen molar-refractivity contribution in [2.75, 3.05) is 5.32 Å². The highest BCUT2D eigenvalue weighted by Crippen LogP contribution is 2.37. The average Bonchev–Trinajstić information content (AvgIpc) is 2.81. The highest BCUT2D eigenvalue weighted by Gasteiger charge is 2.34. The molecule has 0 radical (unpaired) electrons.